The number of alkyl halides is 4. The zero-order chi connectivity index (χ0) is 12.3. The zero-order valence-corrected chi connectivity index (χ0v) is 8.42. The highest BCUT2D eigenvalue weighted by Gasteiger charge is 2.31. The van der Waals surface area contributed by atoms with Crippen LogP contribution in [-0.2, 0) is 4.79 Å². The molecule has 0 radical (unpaired) electrons. The minimum absolute atomic E-state index is 0.0240. The molecule has 3 nitrogen and oxygen atoms in total. The third kappa shape index (κ3) is 3.62. The van der Waals surface area contributed by atoms with Crippen molar-refractivity contribution in [3.05, 3.63) is 29.8 Å². The molecule has 0 saturated carbocycles. The fourth-order valence-electron chi connectivity index (χ4n) is 1.01. The van der Waals surface area contributed by atoms with Crippen molar-refractivity contribution in [1.29, 1.82) is 0 Å². The summed E-state index contributed by atoms with van der Waals surface area (Å²) in [4.78, 5) is 10.5. The van der Waals surface area contributed by atoms with Crippen LogP contribution in [0.15, 0.2) is 24.3 Å². The summed E-state index contributed by atoms with van der Waals surface area (Å²) >= 11 is 5.45. The van der Waals surface area contributed by atoms with E-state index in [-0.39, 0.29) is 5.56 Å². The largest absolute Gasteiger partial charge is 0.573 e. The van der Waals surface area contributed by atoms with E-state index in [1.807, 2.05) is 0 Å². The van der Waals surface area contributed by atoms with E-state index in [1.165, 1.54) is 12.1 Å². The minimum Gasteiger partial charge on any atom is -0.480 e. The number of halogens is 4. The van der Waals surface area contributed by atoms with Gasteiger partial charge in [0.1, 0.15) is 5.75 Å². The van der Waals surface area contributed by atoms with Crippen LogP contribution in [0.3, 0.4) is 0 Å². The maximum atomic E-state index is 11.9. The first-order valence-corrected chi connectivity index (χ1v) is 4.46. The number of carboxylic acids is 1. The van der Waals surface area contributed by atoms with Crippen molar-refractivity contribution >= 4 is 17.6 Å². The number of carbonyl (C=O) groups is 1. The first-order valence-electron chi connectivity index (χ1n) is 4.02. The van der Waals surface area contributed by atoms with E-state index < -0.39 is 23.5 Å². The van der Waals surface area contributed by atoms with Gasteiger partial charge in [0.2, 0.25) is 0 Å². The van der Waals surface area contributed by atoms with Crippen LogP contribution in [0.1, 0.15) is 10.9 Å². The smallest absolute Gasteiger partial charge is 0.480 e. The second-order valence-electron chi connectivity index (χ2n) is 2.82. The molecule has 0 aliphatic rings. The van der Waals surface area contributed by atoms with Crippen LogP contribution in [0.5, 0.6) is 5.75 Å². The van der Waals surface area contributed by atoms with Crippen LogP contribution in [0.25, 0.3) is 0 Å². The van der Waals surface area contributed by atoms with Crippen LogP contribution in [-0.4, -0.2) is 17.4 Å². The molecule has 0 aromatic heterocycles. The Kier molecular flexibility index (Phi) is 3.64. The molecule has 1 N–H and O–H groups in total. The second kappa shape index (κ2) is 4.61. The second-order valence-corrected chi connectivity index (χ2v) is 3.26. The quantitative estimate of drug-likeness (QED) is 0.844. The van der Waals surface area contributed by atoms with Gasteiger partial charge in [-0.05, 0) is 17.7 Å². The summed E-state index contributed by atoms with van der Waals surface area (Å²) in [6.07, 6.45) is -4.82. The minimum atomic E-state index is -4.82. The molecule has 0 spiro atoms. The molecule has 16 heavy (non-hydrogen) atoms. The molecule has 0 saturated heterocycles. The SMILES string of the molecule is O=C(O)C(Cl)c1cccc(OC(F)(F)F)c1. The van der Waals surface area contributed by atoms with Gasteiger partial charge in [-0.2, -0.15) is 0 Å². The number of carboxylic acid groups (broad SMARTS) is 1. The maximum absolute atomic E-state index is 11.9. The molecule has 0 amide bonds. The molecule has 0 bridgehead atoms. The van der Waals surface area contributed by atoms with E-state index in [4.69, 9.17) is 16.7 Å². The molecule has 0 aliphatic carbocycles. The Morgan fingerprint density at radius 2 is 2.06 bits per heavy atom. The monoisotopic (exact) mass is 254 g/mol. The molecule has 1 aromatic rings. The van der Waals surface area contributed by atoms with Crippen molar-refractivity contribution in [2.24, 2.45) is 0 Å². The number of aliphatic carboxylic acids is 1. The number of hydrogen-bond acceptors (Lipinski definition) is 2. The summed E-state index contributed by atoms with van der Waals surface area (Å²) in [6.45, 7) is 0. The molecule has 1 unspecified atom stereocenters. The van der Waals surface area contributed by atoms with Gasteiger partial charge in [-0.15, -0.1) is 24.8 Å². The molecule has 0 heterocycles. The first-order chi connectivity index (χ1) is 7.29. The van der Waals surface area contributed by atoms with Crippen molar-refractivity contribution in [2.45, 2.75) is 11.7 Å². The van der Waals surface area contributed by atoms with Crippen LogP contribution < -0.4 is 4.74 Å². The number of ether oxygens (including phenoxy) is 1. The van der Waals surface area contributed by atoms with E-state index in [9.17, 15) is 18.0 Å². The summed E-state index contributed by atoms with van der Waals surface area (Å²) in [7, 11) is 0. The molecular formula is C9H6ClF3O3. The van der Waals surface area contributed by atoms with Gasteiger partial charge >= 0.3 is 12.3 Å². The normalized spacial score (nSPS) is 13.2. The first kappa shape index (κ1) is 12.6. The lowest BCUT2D eigenvalue weighted by Gasteiger charge is -2.10. The molecule has 7 heteroatoms. The standard InChI is InChI=1S/C9H6ClF3O3/c10-7(8(14)15)5-2-1-3-6(4-5)16-9(11,12)13/h1-4,7H,(H,14,15). The highest BCUT2D eigenvalue weighted by molar-refractivity contribution is 6.29. The van der Waals surface area contributed by atoms with Gasteiger partial charge < -0.3 is 9.84 Å². The Bertz CT molecular complexity index is 392. The van der Waals surface area contributed by atoms with Crippen LogP contribution in [0.2, 0.25) is 0 Å². The highest BCUT2D eigenvalue weighted by Crippen LogP contribution is 2.27. The van der Waals surface area contributed by atoms with E-state index in [0.29, 0.717) is 0 Å². The third-order valence-electron chi connectivity index (χ3n) is 1.60. The summed E-state index contributed by atoms with van der Waals surface area (Å²) in [5.74, 6) is -1.84. The van der Waals surface area contributed by atoms with Gasteiger partial charge in [0.25, 0.3) is 0 Å². The zero-order valence-electron chi connectivity index (χ0n) is 7.66. The average Bonchev–Trinajstić information content (AvgIpc) is 2.14. The fraction of sp³-hybridized carbons (Fsp3) is 0.222. The molecule has 1 aromatic carbocycles. The topological polar surface area (TPSA) is 46.5 Å². The molecule has 1 rings (SSSR count). The van der Waals surface area contributed by atoms with Gasteiger partial charge in [-0.25, -0.2) is 0 Å². The van der Waals surface area contributed by atoms with Gasteiger partial charge in [0, 0.05) is 0 Å². The Hall–Kier alpha value is -1.43. The number of benzene rings is 1. The van der Waals surface area contributed by atoms with Crippen molar-refractivity contribution in [3.8, 4) is 5.75 Å². The number of rotatable bonds is 3. The van der Waals surface area contributed by atoms with Gasteiger partial charge in [-0.1, -0.05) is 12.1 Å². The average molecular weight is 255 g/mol. The van der Waals surface area contributed by atoms with E-state index >= 15 is 0 Å². The Morgan fingerprint density at radius 1 is 1.44 bits per heavy atom. The lowest BCUT2D eigenvalue weighted by Crippen LogP contribution is -2.17. The predicted molar refractivity (Wildman–Crippen MR) is 49.4 cm³/mol. The summed E-state index contributed by atoms with van der Waals surface area (Å²) in [5, 5.41) is 7.16. The van der Waals surface area contributed by atoms with Crippen molar-refractivity contribution < 1.29 is 27.8 Å². The maximum Gasteiger partial charge on any atom is 0.573 e. The van der Waals surface area contributed by atoms with Crippen molar-refractivity contribution in [1.82, 2.24) is 0 Å². The Morgan fingerprint density at radius 3 is 2.56 bits per heavy atom. The highest BCUT2D eigenvalue weighted by atomic mass is 35.5. The molecular weight excluding hydrogens is 249 g/mol. The van der Waals surface area contributed by atoms with Gasteiger partial charge in [-0.3, -0.25) is 4.79 Å². The van der Waals surface area contributed by atoms with Crippen LogP contribution >= 0.6 is 11.6 Å². The summed E-state index contributed by atoms with van der Waals surface area (Å²) < 4.78 is 39.2. The fourth-order valence-corrected chi connectivity index (χ4v) is 1.15. The molecule has 88 valence electrons. The van der Waals surface area contributed by atoms with Gasteiger partial charge in [0.15, 0.2) is 5.38 Å². The Balaban J connectivity index is 2.91. The van der Waals surface area contributed by atoms with E-state index in [0.717, 1.165) is 12.1 Å². The van der Waals surface area contributed by atoms with Crippen molar-refractivity contribution in [2.75, 3.05) is 0 Å². The predicted octanol–water partition coefficient (Wildman–Crippen LogP) is 2.95. The van der Waals surface area contributed by atoms with E-state index in [1.54, 1.807) is 0 Å². The molecule has 0 fully saturated rings. The summed E-state index contributed by atoms with van der Waals surface area (Å²) in [6, 6.07) is 4.52. The van der Waals surface area contributed by atoms with E-state index in [2.05, 4.69) is 4.74 Å². The third-order valence-corrected chi connectivity index (χ3v) is 2.04. The van der Waals surface area contributed by atoms with Crippen LogP contribution in [0.4, 0.5) is 13.2 Å². The Labute approximate surface area is 93.4 Å². The van der Waals surface area contributed by atoms with Crippen molar-refractivity contribution in [3.63, 3.8) is 0 Å². The summed E-state index contributed by atoms with van der Waals surface area (Å²) in [5.41, 5.74) is 0.0240. The van der Waals surface area contributed by atoms with Crippen LogP contribution in [0, 0.1) is 0 Å². The molecule has 0 aliphatic heterocycles. The number of hydrogen-bond donors (Lipinski definition) is 1. The van der Waals surface area contributed by atoms with Gasteiger partial charge in [0.05, 0.1) is 0 Å². The lowest BCUT2D eigenvalue weighted by molar-refractivity contribution is -0.274. The lowest BCUT2D eigenvalue weighted by atomic mass is 10.1. The molecule has 1 atom stereocenters.